The van der Waals surface area contributed by atoms with E-state index in [1.54, 1.807) is 19.5 Å². The summed E-state index contributed by atoms with van der Waals surface area (Å²) >= 11 is 2.62. The number of hydrogen-bond donors (Lipinski definition) is 2. The lowest BCUT2D eigenvalue weighted by molar-refractivity contribution is 0.103. The number of carbonyl (C=O) groups is 1. The lowest BCUT2D eigenvalue weighted by atomic mass is 10.1. The molecule has 1 aromatic carbocycles. The van der Waals surface area contributed by atoms with Gasteiger partial charge in [-0.3, -0.25) is 15.1 Å². The molecular weight excluding hydrogens is 442 g/mol. The maximum absolute atomic E-state index is 12.9. The smallest absolute Gasteiger partial charge is 0.269 e. The van der Waals surface area contributed by atoms with E-state index in [0.29, 0.717) is 20.5 Å². The number of thiophene rings is 1. The molecule has 0 fully saturated rings. The lowest BCUT2D eigenvalue weighted by Crippen LogP contribution is -2.11. The fraction of sp³-hybridized carbons (Fsp3) is 0.0435. The Morgan fingerprint density at radius 2 is 1.72 bits per heavy atom. The topological polar surface area (TPSA) is 103 Å². The number of methoxy groups -OCH3 is 1. The number of anilines is 2. The van der Waals surface area contributed by atoms with E-state index in [2.05, 4.69) is 15.3 Å². The highest BCUT2D eigenvalue weighted by Crippen LogP contribution is 2.35. The summed E-state index contributed by atoms with van der Waals surface area (Å²) < 4.78 is 5.21. The molecule has 3 N–H and O–H groups in total. The predicted molar refractivity (Wildman–Crippen MR) is 129 cm³/mol. The van der Waals surface area contributed by atoms with Crippen molar-refractivity contribution in [1.29, 1.82) is 0 Å². The maximum Gasteiger partial charge on any atom is 0.269 e. The number of carbonyl (C=O) groups excluding carboxylic acids is 1. The molecule has 0 atom stereocenters. The molecule has 4 heterocycles. The highest BCUT2D eigenvalue weighted by atomic mass is 32.1. The van der Waals surface area contributed by atoms with Gasteiger partial charge < -0.3 is 10.5 Å². The zero-order chi connectivity index (χ0) is 22.1. The van der Waals surface area contributed by atoms with Gasteiger partial charge in [-0.25, -0.2) is 9.97 Å². The van der Waals surface area contributed by atoms with Crippen molar-refractivity contribution in [2.45, 2.75) is 0 Å². The van der Waals surface area contributed by atoms with Gasteiger partial charge in [0.1, 0.15) is 15.5 Å². The number of rotatable bonds is 5. The van der Waals surface area contributed by atoms with Gasteiger partial charge in [-0.1, -0.05) is 0 Å². The molecular formula is C23H17N5O2S2. The highest BCUT2D eigenvalue weighted by Gasteiger charge is 2.19. The predicted octanol–water partition coefficient (Wildman–Crippen LogP) is 5.32. The second-order valence-corrected chi connectivity index (χ2v) is 8.71. The van der Waals surface area contributed by atoms with Crippen molar-refractivity contribution in [3.05, 3.63) is 71.2 Å². The first-order chi connectivity index (χ1) is 15.6. The molecule has 0 saturated heterocycles. The van der Waals surface area contributed by atoms with Crippen LogP contribution < -0.4 is 15.8 Å². The fourth-order valence-corrected chi connectivity index (χ4v) is 4.93. The van der Waals surface area contributed by atoms with Gasteiger partial charge in [-0.2, -0.15) is 0 Å². The number of nitrogens with zero attached hydrogens (tertiary/aromatic N) is 3. The van der Waals surface area contributed by atoms with Gasteiger partial charge in [0.05, 0.1) is 24.2 Å². The Morgan fingerprint density at radius 1 is 0.969 bits per heavy atom. The minimum atomic E-state index is -0.299. The van der Waals surface area contributed by atoms with Crippen LogP contribution in [0, 0.1) is 0 Å². The molecule has 158 valence electrons. The second kappa shape index (κ2) is 8.37. The first kappa shape index (κ1) is 20.1. The van der Waals surface area contributed by atoms with E-state index in [0.717, 1.165) is 33.7 Å². The Bertz CT molecular complexity index is 1410. The molecule has 0 aliphatic rings. The highest BCUT2D eigenvalue weighted by molar-refractivity contribution is 7.21. The summed E-state index contributed by atoms with van der Waals surface area (Å²) in [6.07, 6.45) is 3.41. The van der Waals surface area contributed by atoms with Crippen LogP contribution in [0.3, 0.4) is 0 Å². The van der Waals surface area contributed by atoms with E-state index < -0.39 is 0 Å². The van der Waals surface area contributed by atoms with E-state index in [-0.39, 0.29) is 5.91 Å². The number of aromatic nitrogens is 3. The molecule has 5 aromatic rings. The number of nitrogens with one attached hydrogen (secondary N) is 1. The number of pyridine rings is 2. The van der Waals surface area contributed by atoms with Gasteiger partial charge in [-0.05, 0) is 48.5 Å². The van der Waals surface area contributed by atoms with Crippen molar-refractivity contribution < 1.29 is 9.53 Å². The van der Waals surface area contributed by atoms with Gasteiger partial charge in [-0.15, -0.1) is 22.7 Å². The van der Waals surface area contributed by atoms with Crippen molar-refractivity contribution in [2.75, 3.05) is 18.2 Å². The number of nitrogen functional groups attached to an aromatic ring is 1. The zero-order valence-electron chi connectivity index (χ0n) is 16.9. The molecule has 1 amide bonds. The molecule has 0 bridgehead atoms. The summed E-state index contributed by atoms with van der Waals surface area (Å²) in [5.74, 6) is 0.482. The number of hydrogen-bond acceptors (Lipinski definition) is 8. The molecule has 0 aliphatic heterocycles. The van der Waals surface area contributed by atoms with Gasteiger partial charge in [0.15, 0.2) is 5.13 Å². The summed E-state index contributed by atoms with van der Waals surface area (Å²) in [5, 5.41) is 6.00. The third-order valence-electron chi connectivity index (χ3n) is 4.89. The molecule has 0 unspecified atom stereocenters. The number of nitrogens with two attached hydrogens (primary N) is 1. The Labute approximate surface area is 191 Å². The van der Waals surface area contributed by atoms with Crippen LogP contribution in [0.1, 0.15) is 9.67 Å². The van der Waals surface area contributed by atoms with E-state index in [1.165, 1.54) is 22.7 Å². The third-order valence-corrected chi connectivity index (χ3v) is 6.76. The normalized spacial score (nSPS) is 10.9. The van der Waals surface area contributed by atoms with Crippen LogP contribution in [0.5, 0.6) is 5.75 Å². The molecule has 32 heavy (non-hydrogen) atoms. The summed E-state index contributed by atoms with van der Waals surface area (Å²) in [6, 6.07) is 15.2. The number of benzene rings is 1. The number of ether oxygens (including phenoxy) is 1. The van der Waals surface area contributed by atoms with E-state index >= 15 is 0 Å². The Balaban J connectivity index is 1.40. The minimum Gasteiger partial charge on any atom is -0.497 e. The molecule has 0 spiro atoms. The van der Waals surface area contributed by atoms with Crippen LogP contribution in [0.15, 0.2) is 66.3 Å². The molecule has 0 aliphatic carbocycles. The Hall–Kier alpha value is -3.82. The van der Waals surface area contributed by atoms with Crippen LogP contribution in [-0.2, 0) is 0 Å². The summed E-state index contributed by atoms with van der Waals surface area (Å²) in [7, 11) is 1.63. The van der Waals surface area contributed by atoms with Crippen molar-refractivity contribution in [3.8, 4) is 28.3 Å². The molecule has 5 rings (SSSR count). The largest absolute Gasteiger partial charge is 0.497 e. The molecule has 0 radical (unpaired) electrons. The average Bonchev–Trinajstić information content (AvgIpc) is 3.44. The van der Waals surface area contributed by atoms with E-state index in [9.17, 15) is 4.79 Å². The molecule has 4 aromatic heterocycles. The fourth-order valence-electron chi connectivity index (χ4n) is 3.23. The van der Waals surface area contributed by atoms with Crippen molar-refractivity contribution in [1.82, 2.24) is 15.0 Å². The van der Waals surface area contributed by atoms with Crippen LogP contribution in [0.25, 0.3) is 32.7 Å². The monoisotopic (exact) mass is 459 g/mol. The van der Waals surface area contributed by atoms with Crippen LogP contribution in [-0.4, -0.2) is 28.0 Å². The zero-order valence-corrected chi connectivity index (χ0v) is 18.5. The summed E-state index contributed by atoms with van der Waals surface area (Å²) in [6.45, 7) is 0. The van der Waals surface area contributed by atoms with Crippen LogP contribution in [0.4, 0.5) is 10.8 Å². The average molecular weight is 460 g/mol. The SMILES string of the molecule is COc1ccc(-c2ccc3c(N)c(C(=O)Nc4nc(-c5ccncc5)cs4)sc3n2)cc1. The molecule has 0 saturated carbocycles. The molecule has 9 heteroatoms. The van der Waals surface area contributed by atoms with Crippen LogP contribution in [0.2, 0.25) is 0 Å². The molecule has 7 nitrogen and oxygen atoms in total. The Kier molecular flexibility index (Phi) is 5.26. The first-order valence-corrected chi connectivity index (χ1v) is 11.3. The number of amides is 1. The van der Waals surface area contributed by atoms with E-state index in [4.69, 9.17) is 15.5 Å². The summed E-state index contributed by atoms with van der Waals surface area (Å²) in [5.41, 5.74) is 10.2. The third kappa shape index (κ3) is 3.79. The standard InChI is InChI=1S/C23H17N5O2S2/c1-30-15-4-2-13(3-5-15)17-7-6-16-19(24)20(32-22(16)26-17)21(29)28-23-27-18(12-31-23)14-8-10-25-11-9-14/h2-12H,24H2,1H3,(H,27,28,29). The number of thiazole rings is 1. The minimum absolute atomic E-state index is 0.299. The maximum atomic E-state index is 12.9. The van der Waals surface area contributed by atoms with Crippen molar-refractivity contribution in [3.63, 3.8) is 0 Å². The van der Waals surface area contributed by atoms with Gasteiger partial charge in [0, 0.05) is 34.3 Å². The van der Waals surface area contributed by atoms with Crippen LogP contribution >= 0.6 is 22.7 Å². The van der Waals surface area contributed by atoms with Gasteiger partial charge in [0.2, 0.25) is 0 Å². The second-order valence-electron chi connectivity index (χ2n) is 6.85. The quantitative estimate of drug-likeness (QED) is 0.368. The number of fused-ring (bicyclic) bond motifs is 1. The van der Waals surface area contributed by atoms with Crippen molar-refractivity contribution in [2.24, 2.45) is 0 Å². The van der Waals surface area contributed by atoms with Gasteiger partial charge in [0.25, 0.3) is 5.91 Å². The van der Waals surface area contributed by atoms with Gasteiger partial charge >= 0.3 is 0 Å². The van der Waals surface area contributed by atoms with E-state index in [1.807, 2.05) is 53.9 Å². The Morgan fingerprint density at radius 3 is 2.47 bits per heavy atom. The lowest BCUT2D eigenvalue weighted by Gasteiger charge is -2.03. The van der Waals surface area contributed by atoms with Crippen molar-refractivity contribution >= 4 is 49.6 Å². The summed E-state index contributed by atoms with van der Waals surface area (Å²) in [4.78, 5) is 27.3. The first-order valence-electron chi connectivity index (χ1n) is 9.63.